The van der Waals surface area contributed by atoms with Gasteiger partial charge in [0.2, 0.25) is 5.88 Å². The van der Waals surface area contributed by atoms with Crippen LogP contribution in [0.15, 0.2) is 24.3 Å². The minimum atomic E-state index is -0.650. The molecule has 2 N–H and O–H groups in total. The number of nitrogens with one attached hydrogen (secondary N) is 1. The molecule has 0 fully saturated rings. The van der Waals surface area contributed by atoms with Crippen molar-refractivity contribution < 1.29 is 9.84 Å². The number of aliphatic hydroxyl groups excluding tert-OH is 1. The molecule has 0 spiro atoms. The number of halogens is 2. The van der Waals surface area contributed by atoms with Gasteiger partial charge < -0.3 is 15.2 Å². The van der Waals surface area contributed by atoms with Crippen molar-refractivity contribution >= 4 is 23.2 Å². The summed E-state index contributed by atoms with van der Waals surface area (Å²) in [6.45, 7) is 2.61. The van der Waals surface area contributed by atoms with E-state index in [1.807, 2.05) is 10.7 Å². The number of aromatic nitrogens is 2. The molecule has 0 aliphatic carbocycles. The first-order chi connectivity index (χ1) is 10.6. The summed E-state index contributed by atoms with van der Waals surface area (Å²) in [6, 6.07) is 7.06. The summed E-state index contributed by atoms with van der Waals surface area (Å²) in [6.07, 6.45) is 0.334. The maximum absolute atomic E-state index is 10.2. The van der Waals surface area contributed by atoms with Crippen LogP contribution in [0.4, 0.5) is 0 Å². The Morgan fingerprint density at radius 1 is 1.32 bits per heavy atom. The van der Waals surface area contributed by atoms with Crippen molar-refractivity contribution in [1.82, 2.24) is 15.1 Å². The van der Waals surface area contributed by atoms with Crippen LogP contribution in [-0.2, 0) is 13.1 Å². The van der Waals surface area contributed by atoms with Gasteiger partial charge in [0.1, 0.15) is 0 Å². The van der Waals surface area contributed by atoms with Crippen LogP contribution in [-0.4, -0.2) is 28.0 Å². The maximum atomic E-state index is 10.2. The molecule has 5 nitrogen and oxygen atoms in total. The van der Waals surface area contributed by atoms with Crippen LogP contribution in [0.2, 0.25) is 10.0 Å². The normalized spacial score (nSPS) is 15.2. The SMILES string of the molecule is O[C@@H](CNCc1cc2n(n1)CCCO2)c1ccc(Cl)c(Cl)c1. The fourth-order valence-corrected chi connectivity index (χ4v) is 2.69. The van der Waals surface area contributed by atoms with E-state index in [1.54, 1.807) is 18.2 Å². The van der Waals surface area contributed by atoms with Crippen molar-refractivity contribution in [3.05, 3.63) is 45.6 Å². The highest BCUT2D eigenvalue weighted by Gasteiger charge is 2.14. The molecule has 1 aromatic carbocycles. The van der Waals surface area contributed by atoms with Crippen molar-refractivity contribution in [3.8, 4) is 5.88 Å². The fourth-order valence-electron chi connectivity index (χ4n) is 2.38. The number of fused-ring (bicyclic) bond motifs is 1. The van der Waals surface area contributed by atoms with Gasteiger partial charge in [-0.15, -0.1) is 0 Å². The summed E-state index contributed by atoms with van der Waals surface area (Å²) in [5.41, 5.74) is 1.63. The van der Waals surface area contributed by atoms with E-state index in [1.165, 1.54) is 0 Å². The number of hydrogen-bond acceptors (Lipinski definition) is 4. The van der Waals surface area contributed by atoms with Gasteiger partial charge in [-0.25, -0.2) is 4.68 Å². The number of aryl methyl sites for hydroxylation is 1. The lowest BCUT2D eigenvalue weighted by Crippen LogP contribution is -2.21. The van der Waals surface area contributed by atoms with Gasteiger partial charge in [-0.2, -0.15) is 5.10 Å². The zero-order valence-electron chi connectivity index (χ0n) is 11.9. The van der Waals surface area contributed by atoms with Crippen LogP contribution < -0.4 is 10.1 Å². The van der Waals surface area contributed by atoms with E-state index >= 15 is 0 Å². The van der Waals surface area contributed by atoms with Gasteiger partial charge in [0.05, 0.1) is 28.5 Å². The maximum Gasteiger partial charge on any atom is 0.212 e. The Labute approximate surface area is 138 Å². The van der Waals surface area contributed by atoms with Crippen molar-refractivity contribution in [1.29, 1.82) is 0 Å². The molecular weight excluding hydrogens is 325 g/mol. The summed E-state index contributed by atoms with van der Waals surface area (Å²) in [7, 11) is 0. The second kappa shape index (κ2) is 6.87. The van der Waals surface area contributed by atoms with Crippen molar-refractivity contribution in [3.63, 3.8) is 0 Å². The van der Waals surface area contributed by atoms with E-state index in [0.29, 0.717) is 23.1 Å². The third-order valence-electron chi connectivity index (χ3n) is 3.53. The highest BCUT2D eigenvalue weighted by Crippen LogP contribution is 2.25. The molecule has 7 heteroatoms. The Morgan fingerprint density at radius 3 is 2.95 bits per heavy atom. The molecule has 0 unspecified atom stereocenters. The largest absolute Gasteiger partial charge is 0.478 e. The van der Waals surface area contributed by atoms with Crippen LogP contribution in [0.1, 0.15) is 23.8 Å². The Morgan fingerprint density at radius 2 is 2.18 bits per heavy atom. The van der Waals surface area contributed by atoms with E-state index < -0.39 is 6.10 Å². The molecule has 3 rings (SSSR count). The van der Waals surface area contributed by atoms with Gasteiger partial charge in [-0.3, -0.25) is 0 Å². The summed E-state index contributed by atoms with van der Waals surface area (Å²) >= 11 is 11.8. The van der Waals surface area contributed by atoms with E-state index in [4.69, 9.17) is 27.9 Å². The highest BCUT2D eigenvalue weighted by atomic mass is 35.5. The first kappa shape index (κ1) is 15.6. The Bertz CT molecular complexity index is 637. The van der Waals surface area contributed by atoms with Crippen LogP contribution >= 0.6 is 23.2 Å². The van der Waals surface area contributed by atoms with Gasteiger partial charge >= 0.3 is 0 Å². The lowest BCUT2D eigenvalue weighted by Gasteiger charge is -2.13. The van der Waals surface area contributed by atoms with Gasteiger partial charge in [-0.1, -0.05) is 29.3 Å². The minimum absolute atomic E-state index is 0.404. The summed E-state index contributed by atoms with van der Waals surface area (Å²) in [5, 5.41) is 18.7. The molecule has 0 radical (unpaired) electrons. The number of aliphatic hydroxyl groups is 1. The molecule has 2 aromatic rings. The quantitative estimate of drug-likeness (QED) is 0.877. The molecule has 1 aliphatic heterocycles. The van der Waals surface area contributed by atoms with Crippen LogP contribution in [0, 0.1) is 0 Å². The number of benzene rings is 1. The number of hydrogen-bond donors (Lipinski definition) is 2. The molecule has 0 amide bonds. The Kier molecular flexibility index (Phi) is 4.88. The Balaban J connectivity index is 1.53. The second-order valence-corrected chi connectivity index (χ2v) is 6.03. The molecule has 22 heavy (non-hydrogen) atoms. The third kappa shape index (κ3) is 3.55. The van der Waals surface area contributed by atoms with E-state index in [0.717, 1.165) is 36.7 Å². The predicted molar refractivity (Wildman–Crippen MR) is 85.5 cm³/mol. The standard InChI is InChI=1S/C15H17Cl2N3O2/c16-12-3-2-10(6-13(12)17)14(21)9-18-8-11-7-15-20(19-11)4-1-5-22-15/h2-3,6-7,14,18,21H,1,4-5,8-9H2/t14-/m0/s1. The first-order valence-corrected chi connectivity index (χ1v) is 7.92. The average Bonchev–Trinajstić information content (AvgIpc) is 2.92. The predicted octanol–water partition coefficient (Wildman–Crippen LogP) is 2.80. The topological polar surface area (TPSA) is 59.3 Å². The van der Waals surface area contributed by atoms with Gasteiger partial charge in [-0.05, 0) is 17.7 Å². The lowest BCUT2D eigenvalue weighted by atomic mass is 10.1. The van der Waals surface area contributed by atoms with Crippen molar-refractivity contribution in [2.75, 3.05) is 13.2 Å². The molecule has 0 bridgehead atoms. The third-order valence-corrected chi connectivity index (χ3v) is 4.27. The monoisotopic (exact) mass is 341 g/mol. The fraction of sp³-hybridized carbons (Fsp3) is 0.400. The van der Waals surface area contributed by atoms with E-state index in [2.05, 4.69) is 10.4 Å². The van der Waals surface area contributed by atoms with Gasteiger partial charge in [0.15, 0.2) is 0 Å². The second-order valence-electron chi connectivity index (χ2n) is 5.22. The Hall–Kier alpha value is -1.27. The number of nitrogens with zero attached hydrogens (tertiary/aromatic N) is 2. The smallest absolute Gasteiger partial charge is 0.212 e. The molecule has 1 atom stereocenters. The molecule has 0 saturated carbocycles. The molecular formula is C15H17Cl2N3O2. The zero-order chi connectivity index (χ0) is 15.5. The van der Waals surface area contributed by atoms with Crippen LogP contribution in [0.3, 0.4) is 0 Å². The summed E-state index contributed by atoms with van der Waals surface area (Å²) < 4.78 is 7.39. The van der Waals surface area contributed by atoms with Crippen LogP contribution in [0.5, 0.6) is 5.88 Å². The number of rotatable bonds is 5. The molecule has 2 heterocycles. The zero-order valence-corrected chi connectivity index (χ0v) is 13.4. The first-order valence-electron chi connectivity index (χ1n) is 7.17. The van der Waals surface area contributed by atoms with E-state index in [9.17, 15) is 5.11 Å². The van der Waals surface area contributed by atoms with Gasteiger partial charge in [0.25, 0.3) is 0 Å². The summed E-state index contributed by atoms with van der Waals surface area (Å²) in [4.78, 5) is 0. The number of ether oxygens (including phenoxy) is 1. The minimum Gasteiger partial charge on any atom is -0.478 e. The molecule has 0 saturated heterocycles. The molecule has 1 aromatic heterocycles. The van der Waals surface area contributed by atoms with Crippen LogP contribution in [0.25, 0.3) is 0 Å². The van der Waals surface area contributed by atoms with Gasteiger partial charge in [0, 0.05) is 32.1 Å². The van der Waals surface area contributed by atoms with Crippen molar-refractivity contribution in [2.45, 2.75) is 25.6 Å². The summed E-state index contributed by atoms with van der Waals surface area (Å²) in [5.74, 6) is 0.813. The molecule has 118 valence electrons. The van der Waals surface area contributed by atoms with E-state index in [-0.39, 0.29) is 0 Å². The average molecular weight is 342 g/mol. The highest BCUT2D eigenvalue weighted by molar-refractivity contribution is 6.42. The van der Waals surface area contributed by atoms with Crippen molar-refractivity contribution in [2.24, 2.45) is 0 Å². The molecule has 1 aliphatic rings. The lowest BCUT2D eigenvalue weighted by molar-refractivity contribution is 0.174.